The summed E-state index contributed by atoms with van der Waals surface area (Å²) in [6.07, 6.45) is 3.76. The number of carbonyl (C=O) groups is 2. The largest absolute Gasteiger partial charge is 0.343 e. The van der Waals surface area contributed by atoms with Crippen LogP contribution in [0.5, 0.6) is 0 Å². The van der Waals surface area contributed by atoms with Crippen LogP contribution in [0.15, 0.2) is 48.8 Å². The fraction of sp³-hybridized carbons (Fsp3) is 0.350. The topological polar surface area (TPSA) is 74.3 Å². The maximum atomic E-state index is 12.1. The van der Waals surface area contributed by atoms with E-state index in [1.54, 1.807) is 17.3 Å². The molecule has 1 aromatic carbocycles. The maximum absolute atomic E-state index is 12.1. The fourth-order valence-corrected chi connectivity index (χ4v) is 2.67. The van der Waals surface area contributed by atoms with Crippen molar-refractivity contribution in [2.24, 2.45) is 0 Å². The van der Waals surface area contributed by atoms with E-state index in [-0.39, 0.29) is 18.0 Å². The van der Waals surface area contributed by atoms with Crippen molar-refractivity contribution in [3.05, 3.63) is 59.9 Å². The molecule has 3 amide bonds. The lowest BCUT2D eigenvalue weighted by Gasteiger charge is -2.18. The first-order chi connectivity index (χ1) is 12.5. The molecule has 2 aromatic rings. The smallest absolute Gasteiger partial charge is 0.319 e. The molecule has 0 radical (unpaired) electrons. The Bertz CT molecular complexity index is 712. The van der Waals surface area contributed by atoms with E-state index in [4.69, 9.17) is 0 Å². The van der Waals surface area contributed by atoms with E-state index >= 15 is 0 Å². The van der Waals surface area contributed by atoms with E-state index in [9.17, 15) is 9.59 Å². The second-order valence-corrected chi connectivity index (χ2v) is 6.04. The Kier molecular flexibility index (Phi) is 7.14. The highest BCUT2D eigenvalue weighted by Crippen LogP contribution is 2.13. The summed E-state index contributed by atoms with van der Waals surface area (Å²) in [6, 6.07) is 10.7. The van der Waals surface area contributed by atoms with Crippen molar-refractivity contribution in [3.63, 3.8) is 0 Å². The van der Waals surface area contributed by atoms with Crippen LogP contribution in [0.3, 0.4) is 0 Å². The third kappa shape index (κ3) is 5.58. The lowest BCUT2D eigenvalue weighted by atomic mass is 10.1. The molecule has 138 valence electrons. The van der Waals surface area contributed by atoms with Crippen LogP contribution in [0.2, 0.25) is 0 Å². The van der Waals surface area contributed by atoms with Gasteiger partial charge in [0.15, 0.2) is 0 Å². The van der Waals surface area contributed by atoms with Crippen LogP contribution >= 0.6 is 0 Å². The maximum Gasteiger partial charge on any atom is 0.319 e. The predicted octanol–water partition coefficient (Wildman–Crippen LogP) is 3.38. The van der Waals surface area contributed by atoms with Gasteiger partial charge in [0.2, 0.25) is 5.91 Å². The van der Waals surface area contributed by atoms with Crippen LogP contribution in [0.1, 0.15) is 37.9 Å². The highest BCUT2D eigenvalue weighted by molar-refractivity contribution is 5.89. The number of carbonyl (C=O) groups excluding carboxylic acids is 2. The summed E-state index contributed by atoms with van der Waals surface area (Å²) in [5.74, 6) is 0.111. The van der Waals surface area contributed by atoms with Crippen LogP contribution in [0.25, 0.3) is 0 Å². The first kappa shape index (κ1) is 19.4. The number of nitrogens with one attached hydrogen (secondary N) is 2. The number of likely N-dealkylation sites (N-methyl/N-ethyl adjacent to an activating group) is 1. The van der Waals surface area contributed by atoms with Gasteiger partial charge in [-0.05, 0) is 56.2 Å². The molecule has 0 aliphatic heterocycles. The Morgan fingerprint density at radius 1 is 1.04 bits per heavy atom. The van der Waals surface area contributed by atoms with Gasteiger partial charge in [-0.15, -0.1) is 0 Å². The van der Waals surface area contributed by atoms with Crippen molar-refractivity contribution in [2.45, 2.75) is 33.2 Å². The highest BCUT2D eigenvalue weighted by Gasteiger charge is 2.11. The van der Waals surface area contributed by atoms with E-state index in [2.05, 4.69) is 15.6 Å². The van der Waals surface area contributed by atoms with E-state index in [0.29, 0.717) is 25.2 Å². The van der Waals surface area contributed by atoms with Crippen molar-refractivity contribution < 1.29 is 9.59 Å². The molecule has 6 heteroatoms. The van der Waals surface area contributed by atoms with Crippen LogP contribution in [0, 0.1) is 0 Å². The van der Waals surface area contributed by atoms with Gasteiger partial charge in [0.25, 0.3) is 0 Å². The minimum atomic E-state index is -0.277. The molecule has 6 nitrogen and oxygen atoms in total. The van der Waals surface area contributed by atoms with Gasteiger partial charge in [-0.3, -0.25) is 9.78 Å². The number of benzene rings is 1. The van der Waals surface area contributed by atoms with Gasteiger partial charge < -0.3 is 15.5 Å². The van der Waals surface area contributed by atoms with Gasteiger partial charge in [-0.1, -0.05) is 12.1 Å². The van der Waals surface area contributed by atoms with Gasteiger partial charge in [-0.2, -0.15) is 0 Å². The molecule has 1 aromatic heterocycles. The molecule has 0 saturated heterocycles. The molecule has 0 fully saturated rings. The number of nitrogens with zero attached hydrogens (tertiary/aromatic N) is 2. The van der Waals surface area contributed by atoms with Gasteiger partial charge in [0.05, 0.1) is 12.5 Å². The van der Waals surface area contributed by atoms with E-state index < -0.39 is 0 Å². The Labute approximate surface area is 154 Å². The molecule has 2 rings (SSSR count). The number of anilines is 1. The molecule has 26 heavy (non-hydrogen) atoms. The minimum Gasteiger partial charge on any atom is -0.343 e. The van der Waals surface area contributed by atoms with Crippen molar-refractivity contribution in [1.82, 2.24) is 15.2 Å². The Hall–Kier alpha value is -2.89. The third-order valence-corrected chi connectivity index (χ3v) is 4.24. The molecule has 0 bridgehead atoms. The first-order valence-corrected chi connectivity index (χ1v) is 8.87. The zero-order chi connectivity index (χ0) is 18.9. The minimum absolute atomic E-state index is 0.111. The molecule has 0 aliphatic carbocycles. The lowest BCUT2D eigenvalue weighted by molar-refractivity contribution is -0.130. The van der Waals surface area contributed by atoms with Crippen molar-refractivity contribution in [2.75, 3.05) is 18.4 Å². The number of hydrogen-bond donors (Lipinski definition) is 2. The summed E-state index contributed by atoms with van der Waals surface area (Å²) in [7, 11) is 0. The number of urea groups is 1. The molecular weight excluding hydrogens is 328 g/mol. The van der Waals surface area contributed by atoms with Crippen molar-refractivity contribution in [1.29, 1.82) is 0 Å². The van der Waals surface area contributed by atoms with Crippen LogP contribution < -0.4 is 10.6 Å². The Balaban J connectivity index is 1.88. The molecule has 0 aliphatic rings. The number of hydrogen-bond acceptors (Lipinski definition) is 3. The monoisotopic (exact) mass is 354 g/mol. The molecule has 1 unspecified atom stereocenters. The normalized spacial score (nSPS) is 11.5. The molecule has 2 N–H and O–H groups in total. The molecular formula is C20H26N4O2. The molecule has 1 heterocycles. The van der Waals surface area contributed by atoms with Crippen molar-refractivity contribution >= 4 is 17.6 Å². The van der Waals surface area contributed by atoms with Crippen molar-refractivity contribution in [3.8, 4) is 0 Å². The highest BCUT2D eigenvalue weighted by atomic mass is 16.2. The number of rotatable bonds is 7. The lowest BCUT2D eigenvalue weighted by Crippen LogP contribution is -2.32. The van der Waals surface area contributed by atoms with Gasteiger partial charge >= 0.3 is 6.03 Å². The van der Waals surface area contributed by atoms with Gasteiger partial charge in [0, 0.05) is 31.2 Å². The summed E-state index contributed by atoms with van der Waals surface area (Å²) >= 11 is 0. The first-order valence-electron chi connectivity index (χ1n) is 8.87. The summed E-state index contributed by atoms with van der Waals surface area (Å²) in [6.45, 7) is 7.28. The third-order valence-electron chi connectivity index (χ3n) is 4.24. The molecule has 0 saturated carbocycles. The van der Waals surface area contributed by atoms with Gasteiger partial charge in [-0.25, -0.2) is 4.79 Å². The number of pyridine rings is 1. The zero-order valence-electron chi connectivity index (χ0n) is 15.5. The van der Waals surface area contributed by atoms with Crippen LogP contribution in [-0.4, -0.2) is 34.9 Å². The Morgan fingerprint density at radius 3 is 2.23 bits per heavy atom. The number of amides is 3. The number of aromatic nitrogens is 1. The summed E-state index contributed by atoms with van der Waals surface area (Å²) in [5, 5.41) is 5.69. The standard InChI is InChI=1S/C20H26N4O2/c1-4-24(5-2)19(25)14-16-6-8-18(9-7-16)23-20(26)22-15(3)17-10-12-21-13-11-17/h6-13,15H,4-5,14H2,1-3H3,(H2,22,23,26). The molecule has 0 spiro atoms. The second-order valence-electron chi connectivity index (χ2n) is 6.04. The summed E-state index contributed by atoms with van der Waals surface area (Å²) in [5.41, 5.74) is 2.60. The van der Waals surface area contributed by atoms with Crippen LogP contribution in [-0.2, 0) is 11.2 Å². The molecule has 1 atom stereocenters. The van der Waals surface area contributed by atoms with Crippen LogP contribution in [0.4, 0.5) is 10.5 Å². The average molecular weight is 354 g/mol. The van der Waals surface area contributed by atoms with E-state index in [1.165, 1.54) is 0 Å². The summed E-state index contributed by atoms with van der Waals surface area (Å²) < 4.78 is 0. The zero-order valence-corrected chi connectivity index (χ0v) is 15.5. The van der Waals surface area contributed by atoms with E-state index in [0.717, 1.165) is 11.1 Å². The fourth-order valence-electron chi connectivity index (χ4n) is 2.67. The van der Waals surface area contributed by atoms with E-state index in [1.807, 2.05) is 57.2 Å². The summed E-state index contributed by atoms with van der Waals surface area (Å²) in [4.78, 5) is 30.0. The second kappa shape index (κ2) is 9.56. The SMILES string of the molecule is CCN(CC)C(=O)Cc1ccc(NC(=O)NC(C)c2ccncc2)cc1. The quantitative estimate of drug-likeness (QED) is 0.800. The Morgan fingerprint density at radius 2 is 1.65 bits per heavy atom. The van der Waals surface area contributed by atoms with Gasteiger partial charge in [0.1, 0.15) is 0 Å². The average Bonchev–Trinajstić information content (AvgIpc) is 2.65. The predicted molar refractivity (Wildman–Crippen MR) is 103 cm³/mol.